The maximum atomic E-state index is 14.2. The van der Waals surface area contributed by atoms with Gasteiger partial charge in [-0.05, 0) is 18.2 Å². The third kappa shape index (κ3) is 2.79. The number of alkyl halides is 1. The molecule has 1 aromatic heterocycles. The fourth-order valence-corrected chi connectivity index (χ4v) is 1.96. The molecule has 19 heavy (non-hydrogen) atoms. The topological polar surface area (TPSA) is 25.4 Å². The Kier molecular flexibility index (Phi) is 4.22. The summed E-state index contributed by atoms with van der Waals surface area (Å²) in [5.41, 5.74) is 1.22. The van der Waals surface area contributed by atoms with Crippen molar-refractivity contribution in [3.05, 3.63) is 47.9 Å². The molecule has 3 nitrogen and oxygen atoms in total. The first-order valence-electron chi connectivity index (χ1n) is 5.74. The number of anilines is 2. The molecule has 0 aliphatic heterocycles. The van der Waals surface area contributed by atoms with Crippen molar-refractivity contribution in [2.24, 2.45) is 0 Å². The van der Waals surface area contributed by atoms with E-state index in [1.54, 1.807) is 31.3 Å². The van der Waals surface area contributed by atoms with E-state index < -0.39 is 5.82 Å². The maximum absolute atomic E-state index is 14.2. The highest BCUT2D eigenvalue weighted by Crippen LogP contribution is 2.28. The summed E-state index contributed by atoms with van der Waals surface area (Å²) in [6.45, 7) is 0. The zero-order chi connectivity index (χ0) is 13.8. The van der Waals surface area contributed by atoms with Gasteiger partial charge in [0.05, 0.1) is 13.0 Å². The van der Waals surface area contributed by atoms with Crippen LogP contribution in [-0.4, -0.2) is 19.1 Å². The number of rotatable bonds is 4. The highest BCUT2D eigenvalue weighted by Gasteiger charge is 2.14. The zero-order valence-electron chi connectivity index (χ0n) is 10.7. The summed E-state index contributed by atoms with van der Waals surface area (Å²) in [5.74, 6) is 0.667. The van der Waals surface area contributed by atoms with Crippen LogP contribution < -0.4 is 9.64 Å². The van der Waals surface area contributed by atoms with E-state index in [1.807, 2.05) is 24.3 Å². The van der Waals surface area contributed by atoms with Gasteiger partial charge in [-0.3, -0.25) is 0 Å². The zero-order valence-corrected chi connectivity index (χ0v) is 11.5. The molecule has 0 N–H and O–H groups in total. The smallest absolute Gasteiger partial charge is 0.170 e. The predicted octanol–water partition coefficient (Wildman–Crippen LogP) is 3.74. The Balaban J connectivity index is 2.40. The molecule has 0 spiro atoms. The third-order valence-electron chi connectivity index (χ3n) is 2.85. The van der Waals surface area contributed by atoms with Gasteiger partial charge in [-0.15, -0.1) is 11.6 Å². The lowest BCUT2D eigenvalue weighted by atomic mass is 10.2. The molecule has 0 radical (unpaired) electrons. The van der Waals surface area contributed by atoms with E-state index in [2.05, 4.69) is 4.98 Å². The van der Waals surface area contributed by atoms with Crippen molar-refractivity contribution >= 4 is 23.1 Å². The molecule has 0 saturated heterocycles. The van der Waals surface area contributed by atoms with E-state index in [0.717, 1.165) is 5.69 Å². The highest BCUT2D eigenvalue weighted by atomic mass is 35.5. The Bertz CT molecular complexity index is 577. The molecule has 1 heterocycles. The standard InChI is InChI=1S/C14H14ClFN2O/c1-18(11-4-3-5-12(8-11)19-2)14-13(16)10(9-15)6-7-17-14/h3-8H,9H2,1-2H3. The quantitative estimate of drug-likeness (QED) is 0.798. The van der Waals surface area contributed by atoms with Crippen molar-refractivity contribution in [3.8, 4) is 5.75 Å². The fourth-order valence-electron chi connectivity index (χ4n) is 1.75. The molecule has 0 aliphatic rings. The number of methoxy groups -OCH3 is 1. The molecule has 100 valence electrons. The second kappa shape index (κ2) is 5.89. The van der Waals surface area contributed by atoms with Gasteiger partial charge in [0.25, 0.3) is 0 Å². The van der Waals surface area contributed by atoms with Gasteiger partial charge in [0, 0.05) is 30.6 Å². The van der Waals surface area contributed by atoms with Crippen LogP contribution in [0, 0.1) is 5.82 Å². The van der Waals surface area contributed by atoms with Gasteiger partial charge >= 0.3 is 0 Å². The first kappa shape index (κ1) is 13.6. The minimum atomic E-state index is -0.400. The average Bonchev–Trinajstić information content (AvgIpc) is 2.47. The normalized spacial score (nSPS) is 10.3. The van der Waals surface area contributed by atoms with Gasteiger partial charge in [0.2, 0.25) is 0 Å². The predicted molar refractivity (Wildman–Crippen MR) is 74.8 cm³/mol. The lowest BCUT2D eigenvalue weighted by molar-refractivity contribution is 0.415. The van der Waals surface area contributed by atoms with Crippen LogP contribution in [0.4, 0.5) is 15.9 Å². The first-order valence-corrected chi connectivity index (χ1v) is 6.28. The number of pyridine rings is 1. The van der Waals surface area contributed by atoms with Crippen molar-refractivity contribution in [1.29, 1.82) is 0 Å². The van der Waals surface area contributed by atoms with Crippen molar-refractivity contribution in [2.75, 3.05) is 19.1 Å². The van der Waals surface area contributed by atoms with E-state index in [4.69, 9.17) is 16.3 Å². The number of benzene rings is 1. The molecule has 2 aromatic rings. The SMILES string of the molecule is COc1cccc(N(C)c2nccc(CCl)c2F)c1. The van der Waals surface area contributed by atoms with Crippen LogP contribution in [0.25, 0.3) is 0 Å². The summed E-state index contributed by atoms with van der Waals surface area (Å²) in [5, 5.41) is 0. The first-order chi connectivity index (χ1) is 9.17. The Morgan fingerprint density at radius 3 is 2.84 bits per heavy atom. The molecule has 0 bridgehead atoms. The fraction of sp³-hybridized carbons (Fsp3) is 0.214. The van der Waals surface area contributed by atoms with Crippen LogP contribution in [0.5, 0.6) is 5.75 Å². The van der Waals surface area contributed by atoms with Gasteiger partial charge in [-0.2, -0.15) is 0 Å². The molecular weight excluding hydrogens is 267 g/mol. The largest absolute Gasteiger partial charge is 0.497 e. The monoisotopic (exact) mass is 280 g/mol. The minimum Gasteiger partial charge on any atom is -0.497 e. The number of nitrogens with zero attached hydrogens (tertiary/aromatic N) is 2. The van der Waals surface area contributed by atoms with Crippen molar-refractivity contribution in [3.63, 3.8) is 0 Å². The van der Waals surface area contributed by atoms with E-state index in [9.17, 15) is 4.39 Å². The molecule has 0 amide bonds. The average molecular weight is 281 g/mol. The molecule has 0 aliphatic carbocycles. The maximum Gasteiger partial charge on any atom is 0.170 e. The molecule has 2 rings (SSSR count). The Morgan fingerprint density at radius 2 is 2.16 bits per heavy atom. The van der Waals surface area contributed by atoms with Crippen molar-refractivity contribution in [2.45, 2.75) is 5.88 Å². The van der Waals surface area contributed by atoms with Crippen LogP contribution in [0.15, 0.2) is 36.5 Å². The van der Waals surface area contributed by atoms with E-state index >= 15 is 0 Å². The summed E-state index contributed by atoms with van der Waals surface area (Å²) in [6.07, 6.45) is 1.55. The summed E-state index contributed by atoms with van der Waals surface area (Å²) < 4.78 is 19.3. The summed E-state index contributed by atoms with van der Waals surface area (Å²) in [4.78, 5) is 5.73. The molecule has 5 heteroatoms. The molecular formula is C14H14ClFN2O. The molecule has 0 unspecified atom stereocenters. The number of hydrogen-bond donors (Lipinski definition) is 0. The molecule has 1 aromatic carbocycles. The summed E-state index contributed by atoms with van der Waals surface area (Å²) >= 11 is 5.70. The van der Waals surface area contributed by atoms with Crippen LogP contribution >= 0.6 is 11.6 Å². The lowest BCUT2D eigenvalue weighted by Gasteiger charge is -2.20. The van der Waals surface area contributed by atoms with Crippen LogP contribution in [0.3, 0.4) is 0 Å². The van der Waals surface area contributed by atoms with Gasteiger partial charge in [-0.1, -0.05) is 6.07 Å². The lowest BCUT2D eigenvalue weighted by Crippen LogP contribution is -2.14. The Labute approximate surface area is 116 Å². The van der Waals surface area contributed by atoms with Crippen LogP contribution in [-0.2, 0) is 5.88 Å². The molecule has 0 atom stereocenters. The van der Waals surface area contributed by atoms with Crippen molar-refractivity contribution < 1.29 is 9.13 Å². The summed E-state index contributed by atoms with van der Waals surface area (Å²) in [7, 11) is 3.34. The van der Waals surface area contributed by atoms with Gasteiger partial charge in [0.15, 0.2) is 11.6 Å². The van der Waals surface area contributed by atoms with Crippen LogP contribution in [0.2, 0.25) is 0 Å². The second-order valence-electron chi connectivity index (χ2n) is 4.00. The van der Waals surface area contributed by atoms with E-state index in [0.29, 0.717) is 11.3 Å². The number of hydrogen-bond acceptors (Lipinski definition) is 3. The minimum absolute atomic E-state index is 0.118. The number of halogens is 2. The van der Waals surface area contributed by atoms with Crippen molar-refractivity contribution in [1.82, 2.24) is 4.98 Å². The van der Waals surface area contributed by atoms with Gasteiger partial charge in [-0.25, -0.2) is 9.37 Å². The Morgan fingerprint density at radius 1 is 1.37 bits per heavy atom. The second-order valence-corrected chi connectivity index (χ2v) is 4.27. The number of ether oxygens (including phenoxy) is 1. The molecule has 0 fully saturated rings. The van der Waals surface area contributed by atoms with E-state index in [1.165, 1.54) is 0 Å². The van der Waals surface area contributed by atoms with E-state index in [-0.39, 0.29) is 11.7 Å². The summed E-state index contributed by atoms with van der Waals surface area (Å²) in [6, 6.07) is 8.92. The third-order valence-corrected chi connectivity index (χ3v) is 3.14. The van der Waals surface area contributed by atoms with Gasteiger partial charge in [0.1, 0.15) is 5.75 Å². The van der Waals surface area contributed by atoms with Gasteiger partial charge < -0.3 is 9.64 Å². The molecule has 0 saturated carbocycles. The van der Waals surface area contributed by atoms with Crippen LogP contribution in [0.1, 0.15) is 5.56 Å². The Hall–Kier alpha value is -1.81. The number of aromatic nitrogens is 1. The highest BCUT2D eigenvalue weighted by molar-refractivity contribution is 6.17.